The van der Waals surface area contributed by atoms with E-state index in [1.54, 1.807) is 6.92 Å². The summed E-state index contributed by atoms with van der Waals surface area (Å²) in [6, 6.07) is 3.55. The molecule has 0 spiro atoms. The topological polar surface area (TPSA) is 105 Å². The molecule has 0 aliphatic rings. The van der Waals surface area contributed by atoms with Crippen molar-refractivity contribution in [2.24, 2.45) is 0 Å². The number of hydrazine groups is 1. The van der Waals surface area contributed by atoms with Crippen molar-refractivity contribution in [1.82, 2.24) is 25.2 Å². The summed E-state index contributed by atoms with van der Waals surface area (Å²) < 4.78 is 76.2. The second-order valence-electron chi connectivity index (χ2n) is 8.46. The normalized spacial score (nSPS) is 14.2. The first-order chi connectivity index (χ1) is 18.4. The number of anilines is 1. The fourth-order valence-electron chi connectivity index (χ4n) is 3.67. The van der Waals surface area contributed by atoms with E-state index >= 15 is 0 Å². The fraction of sp³-hybridized carbons (Fsp3) is 0.333. The van der Waals surface area contributed by atoms with Crippen molar-refractivity contribution in [2.45, 2.75) is 51.2 Å². The van der Waals surface area contributed by atoms with Crippen LogP contribution < -0.4 is 10.7 Å². The minimum atomic E-state index is -2.33. The van der Waals surface area contributed by atoms with E-state index in [1.807, 2.05) is 0 Å². The molecule has 0 aliphatic heterocycles. The molecule has 3 atom stereocenters. The van der Waals surface area contributed by atoms with Crippen LogP contribution in [0.3, 0.4) is 0 Å². The molecular formula is C24H25F5N6O3S. The number of rotatable bonds is 9. The fourth-order valence-corrected chi connectivity index (χ4v) is 3.99. The molecule has 3 rings (SSSR count). The highest BCUT2D eigenvalue weighted by Crippen LogP contribution is 2.33. The average molecular weight is 573 g/mol. The molecule has 1 amide bonds. The summed E-state index contributed by atoms with van der Waals surface area (Å²) in [5, 5.41) is 18.5. The van der Waals surface area contributed by atoms with E-state index in [-0.39, 0.29) is 12.1 Å². The van der Waals surface area contributed by atoms with Gasteiger partial charge in [0.2, 0.25) is 6.36 Å². The van der Waals surface area contributed by atoms with Crippen molar-refractivity contribution in [3.63, 3.8) is 0 Å². The van der Waals surface area contributed by atoms with Gasteiger partial charge >= 0.3 is 6.09 Å². The first kappa shape index (κ1) is 29.7. The molecule has 9 nitrogen and oxygen atoms in total. The number of benzene rings is 2. The van der Waals surface area contributed by atoms with Crippen LogP contribution in [0.1, 0.15) is 32.3 Å². The van der Waals surface area contributed by atoms with Crippen LogP contribution in [-0.4, -0.2) is 48.5 Å². The number of thiocarbonyl (C=S) groups is 1. The smallest absolute Gasteiger partial charge is 0.414 e. The van der Waals surface area contributed by atoms with Gasteiger partial charge in [-0.2, -0.15) is 5.10 Å². The second kappa shape index (κ2) is 12.8. The summed E-state index contributed by atoms with van der Waals surface area (Å²) in [7, 11) is 0. The Hall–Kier alpha value is -3.85. The lowest BCUT2D eigenvalue weighted by Crippen LogP contribution is -2.61. The minimum Gasteiger partial charge on any atom is -0.414 e. The molecule has 0 saturated heterocycles. The first-order valence-corrected chi connectivity index (χ1v) is 12.0. The zero-order chi connectivity index (χ0) is 28.7. The largest absolute Gasteiger partial charge is 0.428 e. The van der Waals surface area contributed by atoms with E-state index in [4.69, 9.17) is 12.2 Å². The van der Waals surface area contributed by atoms with Gasteiger partial charge in [0.15, 0.2) is 5.11 Å². The number of carbonyl (C=O) groups is 1. The van der Waals surface area contributed by atoms with Gasteiger partial charge in [-0.15, -0.1) is 0 Å². The molecule has 1 unspecified atom stereocenters. The van der Waals surface area contributed by atoms with Crippen LogP contribution >= 0.6 is 12.2 Å². The van der Waals surface area contributed by atoms with Gasteiger partial charge in [0.05, 0.1) is 18.3 Å². The molecule has 3 aromatic rings. The third-order valence-corrected chi connectivity index (χ3v) is 6.00. The maximum atomic E-state index is 15.0. The Morgan fingerprint density at radius 2 is 1.85 bits per heavy atom. The SMILES string of the molecule is CCCC(F)OC(=O)NN(C(=S)Nc1ccc(F)cc1F)[C@H](C)[C@](O)(Cn1cncn1)c1ccc(F)cc1F. The highest BCUT2D eigenvalue weighted by atomic mass is 32.1. The number of halogens is 5. The third-order valence-electron chi connectivity index (χ3n) is 5.70. The highest BCUT2D eigenvalue weighted by Gasteiger charge is 2.44. The minimum absolute atomic E-state index is 0.108. The molecule has 39 heavy (non-hydrogen) atoms. The van der Waals surface area contributed by atoms with Crippen LogP contribution in [-0.2, 0) is 16.9 Å². The van der Waals surface area contributed by atoms with Crippen molar-refractivity contribution in [3.05, 3.63) is 77.9 Å². The van der Waals surface area contributed by atoms with Crippen LogP contribution in [0.15, 0.2) is 49.1 Å². The summed E-state index contributed by atoms with van der Waals surface area (Å²) >= 11 is 5.32. The van der Waals surface area contributed by atoms with Crippen molar-refractivity contribution >= 4 is 29.1 Å². The molecule has 15 heteroatoms. The monoisotopic (exact) mass is 572 g/mol. The van der Waals surface area contributed by atoms with E-state index < -0.39 is 64.6 Å². The van der Waals surface area contributed by atoms with Crippen molar-refractivity contribution in [1.29, 1.82) is 0 Å². The van der Waals surface area contributed by atoms with Gasteiger partial charge in [-0.05, 0) is 43.8 Å². The zero-order valence-corrected chi connectivity index (χ0v) is 21.6. The van der Waals surface area contributed by atoms with Crippen LogP contribution in [0.2, 0.25) is 0 Å². The van der Waals surface area contributed by atoms with Gasteiger partial charge in [-0.3, -0.25) is 5.01 Å². The number of hydrogen-bond donors (Lipinski definition) is 3. The Kier molecular flexibility index (Phi) is 9.75. The maximum Gasteiger partial charge on any atom is 0.428 e. The number of nitrogens with one attached hydrogen (secondary N) is 2. The maximum absolute atomic E-state index is 15.0. The standard InChI is InChI=1S/C24H25F5N6O3S/c1-3-4-21(29)38-23(36)33-35(22(39)32-20-8-6-16(26)10-19(20)28)14(2)24(37,11-34-13-30-12-31-34)17-7-5-15(25)9-18(17)27/h5-10,12-14,21,37H,3-4,11H2,1-2H3,(H,32,39)(H,33,36)/t14-,21?,24-/m1/s1. The quantitative estimate of drug-likeness (QED) is 0.195. The van der Waals surface area contributed by atoms with Crippen LogP contribution in [0.5, 0.6) is 0 Å². The van der Waals surface area contributed by atoms with Crippen molar-refractivity contribution < 1.29 is 36.6 Å². The van der Waals surface area contributed by atoms with Gasteiger partial charge in [0.25, 0.3) is 0 Å². The Morgan fingerprint density at radius 1 is 1.18 bits per heavy atom. The molecule has 0 fully saturated rings. The summed E-state index contributed by atoms with van der Waals surface area (Å²) in [5.41, 5.74) is -0.885. The van der Waals surface area contributed by atoms with E-state index in [2.05, 4.69) is 25.6 Å². The summed E-state index contributed by atoms with van der Waals surface area (Å²) in [5.74, 6) is -3.96. The number of hydrogen-bond acceptors (Lipinski definition) is 6. The first-order valence-electron chi connectivity index (χ1n) is 11.6. The number of ether oxygens (including phenoxy) is 1. The molecule has 0 radical (unpaired) electrons. The molecule has 0 bridgehead atoms. The molecule has 210 valence electrons. The number of aromatic nitrogens is 3. The lowest BCUT2D eigenvalue weighted by Gasteiger charge is -2.41. The number of alkyl halides is 1. The molecule has 3 N–H and O–H groups in total. The second-order valence-corrected chi connectivity index (χ2v) is 8.84. The van der Waals surface area contributed by atoms with Gasteiger partial charge < -0.3 is 15.2 Å². The number of carbonyl (C=O) groups excluding carboxylic acids is 1. The van der Waals surface area contributed by atoms with Gasteiger partial charge in [-0.1, -0.05) is 13.0 Å². The lowest BCUT2D eigenvalue weighted by atomic mass is 9.86. The molecular weight excluding hydrogens is 547 g/mol. The molecule has 1 aromatic heterocycles. The number of aliphatic hydroxyl groups is 1. The summed E-state index contributed by atoms with van der Waals surface area (Å²) in [6.45, 7) is 2.48. The Morgan fingerprint density at radius 3 is 2.44 bits per heavy atom. The van der Waals surface area contributed by atoms with Crippen LogP contribution in [0, 0.1) is 23.3 Å². The highest BCUT2D eigenvalue weighted by molar-refractivity contribution is 7.80. The van der Waals surface area contributed by atoms with E-state index in [1.165, 1.54) is 13.3 Å². The third kappa shape index (κ3) is 7.38. The van der Waals surface area contributed by atoms with E-state index in [0.717, 1.165) is 40.3 Å². The predicted molar refractivity (Wildman–Crippen MR) is 134 cm³/mol. The summed E-state index contributed by atoms with van der Waals surface area (Å²) in [6.07, 6.45) is -0.698. The average Bonchev–Trinajstić information content (AvgIpc) is 3.36. The summed E-state index contributed by atoms with van der Waals surface area (Å²) in [4.78, 5) is 16.3. The van der Waals surface area contributed by atoms with Crippen molar-refractivity contribution in [2.75, 3.05) is 5.32 Å². The van der Waals surface area contributed by atoms with Crippen molar-refractivity contribution in [3.8, 4) is 0 Å². The Labute approximate surface area is 225 Å². The number of nitrogens with zero attached hydrogens (tertiary/aromatic N) is 4. The Balaban J connectivity index is 2.04. The zero-order valence-electron chi connectivity index (χ0n) is 20.7. The predicted octanol–water partition coefficient (Wildman–Crippen LogP) is 4.55. The Bertz CT molecular complexity index is 1300. The molecule has 2 aromatic carbocycles. The van der Waals surface area contributed by atoms with Gasteiger partial charge in [0, 0.05) is 24.1 Å². The lowest BCUT2D eigenvalue weighted by molar-refractivity contribution is -0.0596. The molecule has 1 heterocycles. The van der Waals surface area contributed by atoms with Crippen LogP contribution in [0.25, 0.3) is 0 Å². The van der Waals surface area contributed by atoms with E-state index in [9.17, 15) is 31.9 Å². The van der Waals surface area contributed by atoms with Gasteiger partial charge in [-0.25, -0.2) is 41.8 Å². The molecule has 0 aliphatic carbocycles. The number of amides is 1. The van der Waals surface area contributed by atoms with Crippen LogP contribution in [0.4, 0.5) is 32.4 Å². The molecule has 0 saturated carbocycles. The van der Waals surface area contributed by atoms with E-state index in [0.29, 0.717) is 18.6 Å². The van der Waals surface area contributed by atoms with Gasteiger partial charge in [0.1, 0.15) is 41.5 Å².